The molecule has 2 fully saturated rings. The molecule has 0 spiro atoms. The minimum atomic E-state index is 0.368. The summed E-state index contributed by atoms with van der Waals surface area (Å²) in [5.74, 6) is 0.961. The molecule has 0 radical (unpaired) electrons. The van der Waals surface area contributed by atoms with Crippen molar-refractivity contribution in [3.05, 3.63) is 24.0 Å². The minimum Gasteiger partial charge on any atom is -0.374 e. The summed E-state index contributed by atoms with van der Waals surface area (Å²) in [6, 6.07) is 4.33. The normalized spacial score (nSPS) is 24.4. The maximum atomic E-state index is 5.94. The molecule has 0 N–H and O–H groups in total. The fourth-order valence-corrected chi connectivity index (χ4v) is 3.09. The second-order valence-electron chi connectivity index (χ2n) is 6.50. The van der Waals surface area contributed by atoms with Crippen LogP contribution in [0.5, 0.6) is 0 Å². The quantitative estimate of drug-likeness (QED) is 0.787. The van der Waals surface area contributed by atoms with Crippen LogP contribution in [0, 0.1) is 5.92 Å². The zero-order chi connectivity index (χ0) is 13.9. The summed E-state index contributed by atoms with van der Waals surface area (Å²) in [4.78, 5) is 4.98. The first kappa shape index (κ1) is 14.1. The maximum absolute atomic E-state index is 5.94. The lowest BCUT2D eigenvalue weighted by molar-refractivity contribution is -0.0439. The Labute approximate surface area is 122 Å². The molecule has 4 nitrogen and oxygen atoms in total. The Morgan fingerprint density at radius 2 is 2.20 bits per heavy atom. The highest BCUT2D eigenvalue weighted by atomic mass is 16.5. The van der Waals surface area contributed by atoms with Crippen LogP contribution < -0.4 is 0 Å². The summed E-state index contributed by atoms with van der Waals surface area (Å²) in [7, 11) is 4.36. The third-order valence-electron chi connectivity index (χ3n) is 4.44. The van der Waals surface area contributed by atoms with E-state index in [0.717, 1.165) is 38.7 Å². The average molecular weight is 277 g/mol. The molecular weight excluding hydrogens is 250 g/mol. The second-order valence-corrected chi connectivity index (χ2v) is 6.50. The highest BCUT2D eigenvalue weighted by molar-refractivity contribution is 5.06. The van der Waals surface area contributed by atoms with Crippen LogP contribution in [0.1, 0.15) is 18.5 Å². The van der Waals surface area contributed by atoms with Gasteiger partial charge in [-0.25, -0.2) is 0 Å². The first-order valence-electron chi connectivity index (χ1n) is 7.83. The largest absolute Gasteiger partial charge is 0.374 e. The number of hydrogen-bond acceptors (Lipinski definition) is 3. The Morgan fingerprint density at radius 1 is 1.35 bits per heavy atom. The van der Waals surface area contributed by atoms with Crippen LogP contribution in [0.25, 0.3) is 0 Å². The van der Waals surface area contributed by atoms with Crippen molar-refractivity contribution < 1.29 is 4.74 Å². The lowest BCUT2D eigenvalue weighted by Gasteiger charge is -2.35. The number of likely N-dealkylation sites (N-methyl/N-ethyl adjacent to an activating group) is 1. The lowest BCUT2D eigenvalue weighted by atomic mass is 10.2. The Morgan fingerprint density at radius 3 is 2.90 bits per heavy atom. The number of nitrogens with zero attached hydrogens (tertiary/aromatic N) is 3. The van der Waals surface area contributed by atoms with Crippen LogP contribution in [0.4, 0.5) is 0 Å². The third-order valence-corrected chi connectivity index (χ3v) is 4.44. The van der Waals surface area contributed by atoms with Crippen molar-refractivity contribution in [1.29, 1.82) is 0 Å². The molecule has 1 aliphatic carbocycles. The fraction of sp³-hybridized carbons (Fsp3) is 0.750. The Bertz CT molecular complexity index is 427. The van der Waals surface area contributed by atoms with Gasteiger partial charge >= 0.3 is 0 Å². The van der Waals surface area contributed by atoms with E-state index in [-0.39, 0.29) is 0 Å². The van der Waals surface area contributed by atoms with E-state index in [9.17, 15) is 0 Å². The third kappa shape index (κ3) is 3.84. The zero-order valence-electron chi connectivity index (χ0n) is 12.8. The summed E-state index contributed by atoms with van der Waals surface area (Å²) < 4.78 is 8.15. The van der Waals surface area contributed by atoms with Crippen LogP contribution >= 0.6 is 0 Å². The van der Waals surface area contributed by atoms with E-state index in [1.165, 1.54) is 25.1 Å². The summed E-state index contributed by atoms with van der Waals surface area (Å²) in [6.45, 7) is 6.33. The molecule has 112 valence electrons. The molecule has 0 aromatic carbocycles. The summed E-state index contributed by atoms with van der Waals surface area (Å²) in [5, 5.41) is 0. The van der Waals surface area contributed by atoms with Crippen molar-refractivity contribution in [3.63, 3.8) is 0 Å². The number of hydrogen-bond donors (Lipinski definition) is 0. The molecule has 0 amide bonds. The smallest absolute Gasteiger partial charge is 0.0829 e. The fourth-order valence-electron chi connectivity index (χ4n) is 3.09. The SMILES string of the molecule is CN(CC1CC1)C[C@H]1CN(Cc2cccn2C)CCO1. The standard InChI is InChI=1S/C16H27N3O/c1-17(10-14-5-6-14)12-16-13-19(8-9-20-16)11-15-4-3-7-18(15)2/h3-4,7,14,16H,5-6,8-13H2,1-2H3/t16-/m0/s1. The summed E-state index contributed by atoms with van der Waals surface area (Å²) >= 11 is 0. The van der Waals surface area contributed by atoms with Gasteiger partial charge in [-0.2, -0.15) is 0 Å². The number of rotatable bonds is 6. The molecule has 1 saturated heterocycles. The van der Waals surface area contributed by atoms with Crippen LogP contribution in [-0.4, -0.2) is 60.3 Å². The molecule has 20 heavy (non-hydrogen) atoms. The van der Waals surface area contributed by atoms with E-state index in [4.69, 9.17) is 4.74 Å². The van der Waals surface area contributed by atoms with Crippen LogP contribution in [0.15, 0.2) is 18.3 Å². The van der Waals surface area contributed by atoms with Crippen molar-refractivity contribution in [3.8, 4) is 0 Å². The van der Waals surface area contributed by atoms with Crippen LogP contribution in [0.2, 0.25) is 0 Å². The Balaban J connectivity index is 1.47. The van der Waals surface area contributed by atoms with Crippen LogP contribution in [-0.2, 0) is 18.3 Å². The van der Waals surface area contributed by atoms with Gasteiger partial charge in [0, 0.05) is 51.7 Å². The highest BCUT2D eigenvalue weighted by Gasteiger charge is 2.26. The van der Waals surface area contributed by atoms with E-state index in [1.54, 1.807) is 0 Å². The highest BCUT2D eigenvalue weighted by Crippen LogP contribution is 2.29. The monoisotopic (exact) mass is 277 g/mol. The molecule has 1 aromatic heterocycles. The Kier molecular flexibility index (Phi) is 4.44. The molecule has 3 rings (SSSR count). The molecule has 1 atom stereocenters. The first-order valence-corrected chi connectivity index (χ1v) is 7.83. The molecule has 0 unspecified atom stereocenters. The molecular formula is C16H27N3O. The van der Waals surface area contributed by atoms with Gasteiger partial charge in [-0.15, -0.1) is 0 Å². The number of aryl methyl sites for hydroxylation is 1. The average Bonchev–Trinajstić information content (AvgIpc) is 3.13. The van der Waals surface area contributed by atoms with Crippen molar-refractivity contribution in [2.45, 2.75) is 25.5 Å². The molecule has 1 aromatic rings. The number of ether oxygens (including phenoxy) is 1. The molecule has 0 bridgehead atoms. The first-order chi connectivity index (χ1) is 9.70. The molecule has 2 heterocycles. The van der Waals surface area contributed by atoms with Gasteiger partial charge in [0.15, 0.2) is 0 Å². The predicted octanol–water partition coefficient (Wildman–Crippen LogP) is 1.57. The Hall–Kier alpha value is -0.840. The van der Waals surface area contributed by atoms with E-state index in [1.807, 2.05) is 0 Å². The van der Waals surface area contributed by atoms with Gasteiger partial charge in [0.25, 0.3) is 0 Å². The summed E-state index contributed by atoms with van der Waals surface area (Å²) in [5.41, 5.74) is 1.39. The van der Waals surface area contributed by atoms with Crippen LogP contribution in [0.3, 0.4) is 0 Å². The molecule has 4 heteroatoms. The van der Waals surface area contributed by atoms with Gasteiger partial charge < -0.3 is 14.2 Å². The number of aromatic nitrogens is 1. The summed E-state index contributed by atoms with van der Waals surface area (Å²) in [6.07, 6.45) is 5.34. The van der Waals surface area contributed by atoms with Gasteiger partial charge in [-0.3, -0.25) is 4.90 Å². The maximum Gasteiger partial charge on any atom is 0.0829 e. The molecule has 2 aliphatic rings. The van der Waals surface area contributed by atoms with Gasteiger partial charge in [-0.1, -0.05) is 0 Å². The van der Waals surface area contributed by atoms with Crippen molar-refractivity contribution >= 4 is 0 Å². The van der Waals surface area contributed by atoms with Gasteiger partial charge in [-0.05, 0) is 37.9 Å². The number of morpholine rings is 1. The second kappa shape index (κ2) is 6.29. The van der Waals surface area contributed by atoms with Gasteiger partial charge in [0.05, 0.1) is 12.7 Å². The van der Waals surface area contributed by atoms with E-state index in [0.29, 0.717) is 6.10 Å². The predicted molar refractivity (Wildman–Crippen MR) is 80.7 cm³/mol. The van der Waals surface area contributed by atoms with Gasteiger partial charge in [0.2, 0.25) is 0 Å². The van der Waals surface area contributed by atoms with E-state index < -0.39 is 0 Å². The minimum absolute atomic E-state index is 0.368. The van der Waals surface area contributed by atoms with Crippen molar-refractivity contribution in [2.24, 2.45) is 13.0 Å². The topological polar surface area (TPSA) is 20.6 Å². The lowest BCUT2D eigenvalue weighted by Crippen LogP contribution is -2.47. The van der Waals surface area contributed by atoms with Gasteiger partial charge in [0.1, 0.15) is 0 Å². The zero-order valence-corrected chi connectivity index (χ0v) is 12.8. The van der Waals surface area contributed by atoms with E-state index in [2.05, 4.69) is 46.8 Å². The molecule has 1 saturated carbocycles. The van der Waals surface area contributed by atoms with E-state index >= 15 is 0 Å². The van der Waals surface area contributed by atoms with Crippen molar-refractivity contribution in [2.75, 3.05) is 39.8 Å². The van der Waals surface area contributed by atoms with Crippen molar-refractivity contribution in [1.82, 2.24) is 14.4 Å². The molecule has 1 aliphatic heterocycles.